The fourth-order valence-electron chi connectivity index (χ4n) is 1.82. The second-order valence-corrected chi connectivity index (χ2v) is 4.76. The van der Waals surface area contributed by atoms with E-state index in [1.54, 1.807) is 13.8 Å². The maximum Gasteiger partial charge on any atom is 0.321 e. The first-order valence-electron chi connectivity index (χ1n) is 6.90. The van der Waals surface area contributed by atoms with Crippen LogP contribution in [0.3, 0.4) is 0 Å². The number of hydrogen-bond acceptors (Lipinski definition) is 3. The van der Waals surface area contributed by atoms with E-state index in [-0.39, 0.29) is 5.91 Å². The molecule has 3 amide bonds. The van der Waals surface area contributed by atoms with Gasteiger partial charge >= 0.3 is 6.03 Å². The molecule has 5 nitrogen and oxygen atoms in total. The van der Waals surface area contributed by atoms with Crippen LogP contribution in [0.4, 0.5) is 4.79 Å². The normalized spacial score (nSPS) is 11.8. The molecule has 110 valence electrons. The summed E-state index contributed by atoms with van der Waals surface area (Å²) in [6.07, 6.45) is 0.848. The van der Waals surface area contributed by atoms with Crippen molar-refractivity contribution in [3.8, 4) is 0 Å². The summed E-state index contributed by atoms with van der Waals surface area (Å²) in [5.41, 5.74) is 2.46. The fraction of sp³-hybridized carbons (Fsp3) is 0.467. The molecule has 0 heterocycles. The minimum absolute atomic E-state index is 0.319. The van der Waals surface area contributed by atoms with Crippen molar-refractivity contribution in [2.45, 2.75) is 33.2 Å². The van der Waals surface area contributed by atoms with Crippen molar-refractivity contribution in [2.24, 2.45) is 0 Å². The molecule has 1 aromatic rings. The smallest absolute Gasteiger partial charge is 0.321 e. The van der Waals surface area contributed by atoms with Gasteiger partial charge in [-0.1, -0.05) is 29.8 Å². The number of urea groups is 1. The van der Waals surface area contributed by atoms with Crippen LogP contribution >= 0.6 is 0 Å². The second-order valence-electron chi connectivity index (χ2n) is 4.76. The molecule has 5 heteroatoms. The Hall–Kier alpha value is -1.88. The maximum absolute atomic E-state index is 11.7. The monoisotopic (exact) mass is 277 g/mol. The Morgan fingerprint density at radius 2 is 2.05 bits per heavy atom. The van der Waals surface area contributed by atoms with E-state index >= 15 is 0 Å². The highest BCUT2D eigenvalue weighted by molar-refractivity contribution is 5.96. The van der Waals surface area contributed by atoms with E-state index in [9.17, 15) is 9.59 Å². The number of rotatable bonds is 6. The third-order valence-corrected chi connectivity index (χ3v) is 2.91. The van der Waals surface area contributed by atoms with Gasteiger partial charge in [0, 0.05) is 6.54 Å². The molecule has 1 atom stereocenters. The van der Waals surface area contributed by atoms with Crippen LogP contribution in [0.25, 0.3) is 0 Å². The lowest BCUT2D eigenvalue weighted by molar-refractivity contribution is -0.121. The molecule has 3 N–H and O–H groups in total. The van der Waals surface area contributed by atoms with Gasteiger partial charge < -0.3 is 10.6 Å². The van der Waals surface area contributed by atoms with Crippen LogP contribution in [-0.4, -0.2) is 31.1 Å². The lowest BCUT2D eigenvalue weighted by Gasteiger charge is -2.13. The SMILES string of the molecule is CCNC(=O)NC(=O)C(C)NCCc1cccc(C)c1. The molecule has 0 fully saturated rings. The van der Waals surface area contributed by atoms with Crippen molar-refractivity contribution in [2.75, 3.05) is 13.1 Å². The fourth-order valence-corrected chi connectivity index (χ4v) is 1.82. The predicted molar refractivity (Wildman–Crippen MR) is 79.6 cm³/mol. The molecule has 1 aromatic carbocycles. The van der Waals surface area contributed by atoms with E-state index in [0.29, 0.717) is 13.1 Å². The van der Waals surface area contributed by atoms with E-state index in [0.717, 1.165) is 6.42 Å². The number of nitrogens with one attached hydrogen (secondary N) is 3. The summed E-state index contributed by atoms with van der Waals surface area (Å²) < 4.78 is 0. The third-order valence-electron chi connectivity index (χ3n) is 2.91. The molecule has 1 unspecified atom stereocenters. The summed E-state index contributed by atoms with van der Waals surface area (Å²) >= 11 is 0. The predicted octanol–water partition coefficient (Wildman–Crippen LogP) is 1.36. The molecular weight excluding hydrogens is 254 g/mol. The quantitative estimate of drug-likeness (QED) is 0.735. The van der Waals surface area contributed by atoms with Crippen LogP contribution in [0.5, 0.6) is 0 Å². The highest BCUT2D eigenvalue weighted by Crippen LogP contribution is 2.04. The first-order valence-corrected chi connectivity index (χ1v) is 6.90. The molecule has 0 saturated heterocycles. The number of amides is 3. The highest BCUT2D eigenvalue weighted by atomic mass is 16.2. The Morgan fingerprint density at radius 3 is 2.70 bits per heavy atom. The van der Waals surface area contributed by atoms with Gasteiger partial charge in [0.25, 0.3) is 0 Å². The topological polar surface area (TPSA) is 70.2 Å². The zero-order valence-electron chi connectivity index (χ0n) is 12.3. The summed E-state index contributed by atoms with van der Waals surface area (Å²) in [6, 6.07) is 7.41. The van der Waals surface area contributed by atoms with Crippen molar-refractivity contribution in [3.63, 3.8) is 0 Å². The Labute approximate surface area is 120 Å². The molecule has 0 aliphatic heterocycles. The Bertz CT molecular complexity index is 460. The number of imide groups is 1. The molecule has 20 heavy (non-hydrogen) atoms. The third kappa shape index (κ3) is 5.84. The van der Waals surface area contributed by atoms with Crippen LogP contribution in [0, 0.1) is 6.92 Å². The standard InChI is InChI=1S/C15H23N3O2/c1-4-16-15(20)18-14(19)12(3)17-9-8-13-7-5-6-11(2)10-13/h5-7,10,12,17H,4,8-9H2,1-3H3,(H2,16,18,19,20). The molecule has 1 rings (SSSR count). The van der Waals surface area contributed by atoms with Gasteiger partial charge in [0.15, 0.2) is 0 Å². The van der Waals surface area contributed by atoms with E-state index in [2.05, 4.69) is 41.1 Å². The maximum atomic E-state index is 11.7. The molecule has 0 aliphatic carbocycles. The zero-order valence-corrected chi connectivity index (χ0v) is 12.3. The van der Waals surface area contributed by atoms with Gasteiger partial charge in [-0.2, -0.15) is 0 Å². The summed E-state index contributed by atoms with van der Waals surface area (Å²) in [6.45, 7) is 6.78. The molecule has 0 bridgehead atoms. The largest absolute Gasteiger partial charge is 0.338 e. The summed E-state index contributed by atoms with van der Waals surface area (Å²) in [5, 5.41) is 7.91. The molecule has 0 aromatic heterocycles. The number of benzene rings is 1. The van der Waals surface area contributed by atoms with Crippen LogP contribution in [-0.2, 0) is 11.2 Å². The molecule has 0 radical (unpaired) electrons. The van der Waals surface area contributed by atoms with Crippen molar-refractivity contribution in [3.05, 3.63) is 35.4 Å². The number of carbonyl (C=O) groups excluding carboxylic acids is 2. The molecule has 0 saturated carbocycles. The molecule has 0 spiro atoms. The van der Waals surface area contributed by atoms with Gasteiger partial charge in [-0.25, -0.2) is 4.79 Å². The average molecular weight is 277 g/mol. The second kappa shape index (κ2) is 8.32. The van der Waals surface area contributed by atoms with E-state index < -0.39 is 12.1 Å². The molecule has 0 aliphatic rings. The number of aryl methyl sites for hydroxylation is 1. The van der Waals surface area contributed by atoms with E-state index in [4.69, 9.17) is 0 Å². The van der Waals surface area contributed by atoms with Crippen LogP contribution in [0.1, 0.15) is 25.0 Å². The van der Waals surface area contributed by atoms with Gasteiger partial charge in [-0.15, -0.1) is 0 Å². The lowest BCUT2D eigenvalue weighted by atomic mass is 10.1. The number of hydrogen-bond donors (Lipinski definition) is 3. The van der Waals surface area contributed by atoms with Crippen molar-refractivity contribution < 1.29 is 9.59 Å². The average Bonchev–Trinajstić information content (AvgIpc) is 2.38. The number of carbonyl (C=O) groups is 2. The van der Waals surface area contributed by atoms with Gasteiger partial charge in [0.2, 0.25) is 5.91 Å². The molecular formula is C15H23N3O2. The Balaban J connectivity index is 2.30. The lowest BCUT2D eigenvalue weighted by Crippen LogP contribution is -2.48. The van der Waals surface area contributed by atoms with Gasteiger partial charge in [0.1, 0.15) is 0 Å². The first-order chi connectivity index (χ1) is 9.52. The van der Waals surface area contributed by atoms with Gasteiger partial charge in [-0.3, -0.25) is 10.1 Å². The Morgan fingerprint density at radius 1 is 1.30 bits per heavy atom. The van der Waals surface area contributed by atoms with Crippen molar-refractivity contribution in [1.82, 2.24) is 16.0 Å². The summed E-state index contributed by atoms with van der Waals surface area (Å²) in [7, 11) is 0. The van der Waals surface area contributed by atoms with E-state index in [1.807, 2.05) is 6.07 Å². The van der Waals surface area contributed by atoms with Crippen LogP contribution in [0.15, 0.2) is 24.3 Å². The summed E-state index contributed by atoms with van der Waals surface area (Å²) in [5.74, 6) is -0.319. The Kier molecular flexibility index (Phi) is 6.73. The van der Waals surface area contributed by atoms with Crippen LogP contribution in [0.2, 0.25) is 0 Å². The van der Waals surface area contributed by atoms with Gasteiger partial charge in [-0.05, 0) is 39.3 Å². The van der Waals surface area contributed by atoms with Crippen LogP contribution < -0.4 is 16.0 Å². The van der Waals surface area contributed by atoms with Crippen molar-refractivity contribution >= 4 is 11.9 Å². The minimum atomic E-state index is -0.454. The van der Waals surface area contributed by atoms with Gasteiger partial charge in [0.05, 0.1) is 6.04 Å². The first kappa shape index (κ1) is 16.2. The zero-order chi connectivity index (χ0) is 15.0. The highest BCUT2D eigenvalue weighted by Gasteiger charge is 2.14. The van der Waals surface area contributed by atoms with E-state index in [1.165, 1.54) is 11.1 Å². The minimum Gasteiger partial charge on any atom is -0.338 e. The van der Waals surface area contributed by atoms with Crippen molar-refractivity contribution in [1.29, 1.82) is 0 Å². The summed E-state index contributed by atoms with van der Waals surface area (Å²) in [4.78, 5) is 22.9.